The number of benzene rings is 1. The molecular formula is C14H17NO5. The summed E-state index contributed by atoms with van der Waals surface area (Å²) >= 11 is 0. The van der Waals surface area contributed by atoms with Crippen LogP contribution in [0.4, 0.5) is 0 Å². The number of carboxylic acids is 1. The van der Waals surface area contributed by atoms with Crippen LogP contribution in [0.2, 0.25) is 0 Å². The van der Waals surface area contributed by atoms with Crippen LogP contribution < -0.4 is 15.2 Å². The predicted octanol–water partition coefficient (Wildman–Crippen LogP) is 1.13. The molecule has 2 aliphatic heterocycles. The SMILES string of the molecule is NC(C(=O)O)c1c2c(c(O)c3c1OCCC3)OCCC2. The zero-order valence-electron chi connectivity index (χ0n) is 11.0. The van der Waals surface area contributed by atoms with Crippen LogP contribution in [0.25, 0.3) is 0 Å². The number of hydrogen-bond donors (Lipinski definition) is 3. The lowest BCUT2D eigenvalue weighted by atomic mass is 9.89. The Bertz CT molecular complexity index is 532. The summed E-state index contributed by atoms with van der Waals surface area (Å²) in [5.74, 6) is -0.212. The molecule has 0 aromatic heterocycles. The van der Waals surface area contributed by atoms with E-state index in [1.807, 2.05) is 0 Å². The van der Waals surface area contributed by atoms with E-state index in [-0.39, 0.29) is 5.75 Å². The summed E-state index contributed by atoms with van der Waals surface area (Å²) in [5.41, 5.74) is 7.56. The van der Waals surface area contributed by atoms with Crippen molar-refractivity contribution >= 4 is 5.97 Å². The van der Waals surface area contributed by atoms with E-state index in [9.17, 15) is 15.0 Å². The number of fused-ring (bicyclic) bond motifs is 2. The van der Waals surface area contributed by atoms with Crippen molar-refractivity contribution in [3.63, 3.8) is 0 Å². The summed E-state index contributed by atoms with van der Waals surface area (Å²) in [4.78, 5) is 11.3. The molecule has 1 aromatic rings. The van der Waals surface area contributed by atoms with Gasteiger partial charge in [-0.1, -0.05) is 0 Å². The van der Waals surface area contributed by atoms with E-state index in [4.69, 9.17) is 15.2 Å². The maximum Gasteiger partial charge on any atom is 0.325 e. The van der Waals surface area contributed by atoms with E-state index in [0.717, 1.165) is 12.8 Å². The van der Waals surface area contributed by atoms with Crippen molar-refractivity contribution in [1.82, 2.24) is 0 Å². The van der Waals surface area contributed by atoms with Crippen molar-refractivity contribution < 1.29 is 24.5 Å². The van der Waals surface area contributed by atoms with Crippen LogP contribution in [0.15, 0.2) is 0 Å². The Balaban J connectivity index is 2.27. The Morgan fingerprint density at radius 3 is 2.35 bits per heavy atom. The Hall–Kier alpha value is -1.95. The van der Waals surface area contributed by atoms with Gasteiger partial charge >= 0.3 is 5.97 Å². The monoisotopic (exact) mass is 279 g/mol. The average Bonchev–Trinajstić information content (AvgIpc) is 2.47. The third-order valence-corrected chi connectivity index (χ3v) is 3.83. The Labute approximate surface area is 116 Å². The highest BCUT2D eigenvalue weighted by molar-refractivity contribution is 5.79. The summed E-state index contributed by atoms with van der Waals surface area (Å²) < 4.78 is 11.2. The molecule has 3 rings (SSSR count). The topological polar surface area (TPSA) is 102 Å². The molecule has 108 valence electrons. The van der Waals surface area contributed by atoms with Gasteiger partial charge in [-0.3, -0.25) is 4.79 Å². The van der Waals surface area contributed by atoms with E-state index in [2.05, 4.69) is 0 Å². The zero-order valence-corrected chi connectivity index (χ0v) is 11.0. The molecule has 2 aliphatic rings. The second-order valence-corrected chi connectivity index (χ2v) is 5.10. The Morgan fingerprint density at radius 2 is 1.70 bits per heavy atom. The molecule has 0 saturated carbocycles. The number of ether oxygens (including phenoxy) is 2. The van der Waals surface area contributed by atoms with Crippen LogP contribution in [0.1, 0.15) is 35.6 Å². The van der Waals surface area contributed by atoms with Crippen molar-refractivity contribution in [3.8, 4) is 17.2 Å². The summed E-state index contributed by atoms with van der Waals surface area (Å²) in [6.45, 7) is 1.02. The van der Waals surface area contributed by atoms with Gasteiger partial charge in [0.25, 0.3) is 0 Å². The molecule has 1 atom stereocenters. The number of rotatable bonds is 2. The van der Waals surface area contributed by atoms with Gasteiger partial charge < -0.3 is 25.4 Å². The fraction of sp³-hybridized carbons (Fsp3) is 0.500. The summed E-state index contributed by atoms with van der Waals surface area (Å²) in [5, 5.41) is 19.6. The second kappa shape index (κ2) is 4.86. The van der Waals surface area contributed by atoms with Crippen LogP contribution in [0, 0.1) is 0 Å². The minimum Gasteiger partial charge on any atom is -0.504 e. The lowest BCUT2D eigenvalue weighted by molar-refractivity contribution is -0.138. The maximum absolute atomic E-state index is 11.3. The first-order chi connectivity index (χ1) is 9.61. The smallest absolute Gasteiger partial charge is 0.325 e. The van der Waals surface area contributed by atoms with Crippen LogP contribution >= 0.6 is 0 Å². The van der Waals surface area contributed by atoms with Crippen molar-refractivity contribution in [2.75, 3.05) is 13.2 Å². The van der Waals surface area contributed by atoms with E-state index >= 15 is 0 Å². The first-order valence-corrected chi connectivity index (χ1v) is 6.75. The molecule has 2 heterocycles. The fourth-order valence-corrected chi connectivity index (χ4v) is 2.91. The summed E-state index contributed by atoms with van der Waals surface area (Å²) in [6.07, 6.45) is 2.82. The number of phenolic OH excluding ortho intramolecular Hbond substituents is 1. The number of carboxylic acid groups (broad SMARTS) is 1. The van der Waals surface area contributed by atoms with E-state index in [1.165, 1.54) is 0 Å². The number of carbonyl (C=O) groups is 1. The van der Waals surface area contributed by atoms with Gasteiger partial charge in [-0.25, -0.2) is 0 Å². The third-order valence-electron chi connectivity index (χ3n) is 3.83. The van der Waals surface area contributed by atoms with Gasteiger partial charge in [-0.2, -0.15) is 0 Å². The molecule has 6 heteroatoms. The van der Waals surface area contributed by atoms with Crippen LogP contribution in [-0.2, 0) is 17.6 Å². The van der Waals surface area contributed by atoms with E-state index < -0.39 is 12.0 Å². The number of aromatic hydroxyl groups is 1. The van der Waals surface area contributed by atoms with Crippen molar-refractivity contribution in [3.05, 3.63) is 16.7 Å². The second-order valence-electron chi connectivity index (χ2n) is 5.10. The number of phenols is 1. The highest BCUT2D eigenvalue weighted by Crippen LogP contribution is 2.49. The lowest BCUT2D eigenvalue weighted by Gasteiger charge is -2.29. The molecule has 0 fully saturated rings. The van der Waals surface area contributed by atoms with Crippen molar-refractivity contribution in [1.29, 1.82) is 0 Å². The highest BCUT2D eigenvalue weighted by atomic mass is 16.5. The van der Waals surface area contributed by atoms with Gasteiger partial charge in [0.15, 0.2) is 11.5 Å². The molecular weight excluding hydrogens is 262 g/mol. The number of nitrogens with two attached hydrogens (primary N) is 1. The van der Waals surface area contributed by atoms with Gasteiger partial charge in [0.05, 0.1) is 13.2 Å². The van der Waals surface area contributed by atoms with E-state index in [0.29, 0.717) is 54.2 Å². The van der Waals surface area contributed by atoms with Crippen molar-refractivity contribution in [2.45, 2.75) is 31.7 Å². The van der Waals surface area contributed by atoms with Gasteiger partial charge in [-0.05, 0) is 25.7 Å². The van der Waals surface area contributed by atoms with Crippen LogP contribution in [0.5, 0.6) is 17.2 Å². The summed E-state index contributed by atoms with van der Waals surface area (Å²) in [7, 11) is 0. The molecule has 1 aromatic carbocycles. The molecule has 4 N–H and O–H groups in total. The minimum absolute atomic E-state index is 0.0794. The number of aliphatic carboxylic acids is 1. The Kier molecular flexibility index (Phi) is 3.17. The zero-order chi connectivity index (χ0) is 14.3. The fourth-order valence-electron chi connectivity index (χ4n) is 2.91. The van der Waals surface area contributed by atoms with Gasteiger partial charge in [0.1, 0.15) is 11.8 Å². The molecule has 0 saturated heterocycles. The van der Waals surface area contributed by atoms with Gasteiger partial charge in [-0.15, -0.1) is 0 Å². The first-order valence-electron chi connectivity index (χ1n) is 6.75. The number of hydrogen-bond acceptors (Lipinski definition) is 5. The maximum atomic E-state index is 11.3. The van der Waals surface area contributed by atoms with E-state index in [1.54, 1.807) is 0 Å². The Morgan fingerprint density at radius 1 is 1.10 bits per heavy atom. The molecule has 0 bridgehead atoms. The van der Waals surface area contributed by atoms with Crippen LogP contribution in [0.3, 0.4) is 0 Å². The van der Waals surface area contributed by atoms with Crippen LogP contribution in [-0.4, -0.2) is 29.4 Å². The van der Waals surface area contributed by atoms with Gasteiger partial charge in [0.2, 0.25) is 0 Å². The highest BCUT2D eigenvalue weighted by Gasteiger charge is 2.33. The first kappa shape index (κ1) is 13.1. The van der Waals surface area contributed by atoms with Gasteiger partial charge in [0, 0.05) is 16.7 Å². The molecule has 6 nitrogen and oxygen atoms in total. The van der Waals surface area contributed by atoms with Crippen molar-refractivity contribution in [2.24, 2.45) is 5.73 Å². The standard InChI is InChI=1S/C14H17NO5/c15-10(14(17)18)9-7-3-1-6-20-13(7)11(16)8-4-2-5-19-12(8)9/h10,16H,1-6,15H2,(H,17,18). The molecule has 0 radical (unpaired) electrons. The largest absolute Gasteiger partial charge is 0.504 e. The molecule has 0 aliphatic carbocycles. The average molecular weight is 279 g/mol. The molecule has 0 spiro atoms. The molecule has 1 unspecified atom stereocenters. The predicted molar refractivity (Wildman–Crippen MR) is 70.3 cm³/mol. The normalized spacial score (nSPS) is 18.2. The molecule has 20 heavy (non-hydrogen) atoms. The minimum atomic E-state index is -1.17. The molecule has 0 amide bonds. The lowest BCUT2D eigenvalue weighted by Crippen LogP contribution is -2.26. The third kappa shape index (κ3) is 1.87. The summed E-state index contributed by atoms with van der Waals surface area (Å²) in [6, 6.07) is -1.17. The quantitative estimate of drug-likeness (QED) is 0.750.